The Bertz CT molecular complexity index is 469. The highest BCUT2D eigenvalue weighted by atomic mass is 35.5. The van der Waals surface area contributed by atoms with Crippen LogP contribution >= 0.6 is 11.6 Å². The predicted molar refractivity (Wildman–Crippen MR) is 68.4 cm³/mol. The molecule has 4 nitrogen and oxygen atoms in total. The van der Waals surface area contributed by atoms with Crippen molar-refractivity contribution in [1.29, 1.82) is 0 Å². The molecule has 0 aromatic heterocycles. The van der Waals surface area contributed by atoms with Crippen LogP contribution in [0.3, 0.4) is 0 Å². The lowest BCUT2D eigenvalue weighted by Crippen LogP contribution is -2.46. The number of hydrogen-bond acceptors (Lipinski definition) is 4. The summed E-state index contributed by atoms with van der Waals surface area (Å²) in [5.74, 6) is -0.741. The van der Waals surface area contributed by atoms with E-state index in [1.165, 1.54) is 13.2 Å². The van der Waals surface area contributed by atoms with Crippen LogP contribution < -0.4 is 0 Å². The first-order valence-electron chi connectivity index (χ1n) is 5.96. The molecule has 1 aromatic rings. The molecule has 0 aliphatic carbocycles. The molecule has 0 N–H and O–H groups in total. The molecule has 0 amide bonds. The molecular weight excluding hydrogens is 273 g/mol. The van der Waals surface area contributed by atoms with E-state index in [0.717, 1.165) is 0 Å². The van der Waals surface area contributed by atoms with Gasteiger partial charge in [0.25, 0.3) is 0 Å². The van der Waals surface area contributed by atoms with Crippen molar-refractivity contribution in [3.8, 4) is 0 Å². The zero-order valence-electron chi connectivity index (χ0n) is 10.6. The van der Waals surface area contributed by atoms with E-state index in [0.29, 0.717) is 36.8 Å². The number of esters is 1. The molecule has 2 rings (SSSR count). The number of rotatable bonds is 3. The van der Waals surface area contributed by atoms with Crippen LogP contribution in [0.1, 0.15) is 5.56 Å². The first kappa shape index (κ1) is 14.2. The lowest BCUT2D eigenvalue weighted by molar-refractivity contribution is -0.160. The molecule has 0 radical (unpaired) electrons. The third-order valence-corrected chi connectivity index (χ3v) is 3.26. The highest BCUT2D eigenvalue weighted by Crippen LogP contribution is 2.17. The number of morpholine rings is 1. The van der Waals surface area contributed by atoms with Crippen LogP contribution in [0.4, 0.5) is 4.39 Å². The zero-order chi connectivity index (χ0) is 13.8. The highest BCUT2D eigenvalue weighted by molar-refractivity contribution is 6.30. The van der Waals surface area contributed by atoms with Gasteiger partial charge in [-0.2, -0.15) is 0 Å². The first-order valence-corrected chi connectivity index (χ1v) is 6.33. The summed E-state index contributed by atoms with van der Waals surface area (Å²) in [5.41, 5.74) is 0.551. The molecule has 1 aliphatic heterocycles. The SMILES string of the molecule is COC(=O)C1CN(Cc2ccc(Cl)cc2F)CCO1. The third kappa shape index (κ3) is 3.65. The smallest absolute Gasteiger partial charge is 0.336 e. The van der Waals surface area contributed by atoms with Crippen molar-refractivity contribution in [3.05, 3.63) is 34.6 Å². The average Bonchev–Trinajstić information content (AvgIpc) is 2.41. The summed E-state index contributed by atoms with van der Waals surface area (Å²) < 4.78 is 23.7. The van der Waals surface area contributed by atoms with E-state index in [9.17, 15) is 9.18 Å². The minimum atomic E-state index is -0.603. The fraction of sp³-hybridized carbons (Fsp3) is 0.462. The van der Waals surface area contributed by atoms with Gasteiger partial charge < -0.3 is 9.47 Å². The molecule has 6 heteroatoms. The molecular formula is C13H15ClFNO3. The monoisotopic (exact) mass is 287 g/mol. The van der Waals surface area contributed by atoms with Crippen LogP contribution in [0.5, 0.6) is 0 Å². The number of methoxy groups -OCH3 is 1. The molecule has 104 valence electrons. The van der Waals surface area contributed by atoms with Crippen molar-refractivity contribution in [2.24, 2.45) is 0 Å². The van der Waals surface area contributed by atoms with Crippen molar-refractivity contribution in [3.63, 3.8) is 0 Å². The van der Waals surface area contributed by atoms with E-state index < -0.39 is 12.1 Å². The van der Waals surface area contributed by atoms with Crippen LogP contribution in [0.15, 0.2) is 18.2 Å². The van der Waals surface area contributed by atoms with Crippen LogP contribution in [-0.2, 0) is 20.8 Å². The zero-order valence-corrected chi connectivity index (χ0v) is 11.3. The Morgan fingerprint density at radius 1 is 1.63 bits per heavy atom. The molecule has 1 aromatic carbocycles. The second kappa shape index (κ2) is 6.32. The van der Waals surface area contributed by atoms with E-state index in [-0.39, 0.29) is 5.82 Å². The Labute approximate surface area is 116 Å². The van der Waals surface area contributed by atoms with Crippen LogP contribution in [0.2, 0.25) is 5.02 Å². The fourth-order valence-electron chi connectivity index (χ4n) is 2.01. The lowest BCUT2D eigenvalue weighted by Gasteiger charge is -2.31. The molecule has 0 spiro atoms. The van der Waals surface area contributed by atoms with Gasteiger partial charge in [-0.05, 0) is 12.1 Å². The first-order chi connectivity index (χ1) is 9.10. The number of nitrogens with zero attached hydrogens (tertiary/aromatic N) is 1. The maximum absolute atomic E-state index is 13.7. The Hall–Kier alpha value is -1.17. The lowest BCUT2D eigenvalue weighted by atomic mass is 10.1. The van der Waals surface area contributed by atoms with E-state index in [1.807, 2.05) is 4.90 Å². The summed E-state index contributed by atoms with van der Waals surface area (Å²) in [6.07, 6.45) is -0.603. The van der Waals surface area contributed by atoms with Gasteiger partial charge >= 0.3 is 5.97 Å². The van der Waals surface area contributed by atoms with Gasteiger partial charge in [0.1, 0.15) is 5.82 Å². The maximum atomic E-state index is 13.7. The van der Waals surface area contributed by atoms with Crippen LogP contribution in [-0.4, -0.2) is 43.8 Å². The number of carbonyl (C=O) groups is 1. The number of carbonyl (C=O) groups excluding carboxylic acids is 1. The Morgan fingerprint density at radius 2 is 2.42 bits per heavy atom. The van der Waals surface area contributed by atoms with E-state index in [1.54, 1.807) is 12.1 Å². The van der Waals surface area contributed by atoms with E-state index in [2.05, 4.69) is 4.74 Å². The van der Waals surface area contributed by atoms with Gasteiger partial charge in [0.2, 0.25) is 0 Å². The number of benzene rings is 1. The fourth-order valence-corrected chi connectivity index (χ4v) is 2.17. The molecule has 1 aliphatic rings. The quantitative estimate of drug-likeness (QED) is 0.796. The van der Waals surface area contributed by atoms with Crippen molar-refractivity contribution >= 4 is 17.6 Å². The summed E-state index contributed by atoms with van der Waals surface area (Å²) in [6, 6.07) is 4.59. The Morgan fingerprint density at radius 3 is 3.11 bits per heavy atom. The molecule has 19 heavy (non-hydrogen) atoms. The number of hydrogen-bond donors (Lipinski definition) is 0. The van der Waals surface area contributed by atoms with Gasteiger partial charge in [-0.3, -0.25) is 4.90 Å². The predicted octanol–water partition coefficient (Wildman–Crippen LogP) is 1.85. The van der Waals surface area contributed by atoms with E-state index in [4.69, 9.17) is 16.3 Å². The maximum Gasteiger partial charge on any atom is 0.336 e. The number of ether oxygens (including phenoxy) is 2. The summed E-state index contributed by atoms with van der Waals surface area (Å²) >= 11 is 5.71. The Kier molecular flexibility index (Phi) is 4.74. The van der Waals surface area contributed by atoms with Crippen molar-refractivity contribution in [2.45, 2.75) is 12.6 Å². The molecule has 1 unspecified atom stereocenters. The summed E-state index contributed by atoms with van der Waals surface area (Å²) in [5, 5.41) is 0.371. The standard InChI is InChI=1S/C13H15ClFNO3/c1-18-13(17)12-8-16(4-5-19-12)7-9-2-3-10(14)6-11(9)15/h2-3,6,12H,4-5,7-8H2,1H3. The molecule has 0 bridgehead atoms. The van der Waals surface area contributed by atoms with Gasteiger partial charge in [0.15, 0.2) is 6.10 Å². The molecule has 1 atom stereocenters. The number of halogens is 2. The van der Waals surface area contributed by atoms with Gasteiger partial charge in [0.05, 0.1) is 13.7 Å². The summed E-state index contributed by atoms with van der Waals surface area (Å²) in [4.78, 5) is 13.4. The van der Waals surface area contributed by atoms with Gasteiger partial charge in [-0.25, -0.2) is 9.18 Å². The largest absolute Gasteiger partial charge is 0.467 e. The van der Waals surface area contributed by atoms with Crippen LogP contribution in [0, 0.1) is 5.82 Å². The third-order valence-electron chi connectivity index (χ3n) is 3.02. The topological polar surface area (TPSA) is 38.8 Å². The van der Waals surface area contributed by atoms with Gasteiger partial charge in [0, 0.05) is 30.2 Å². The van der Waals surface area contributed by atoms with E-state index >= 15 is 0 Å². The average molecular weight is 288 g/mol. The Balaban J connectivity index is 2.00. The van der Waals surface area contributed by atoms with Crippen LogP contribution in [0.25, 0.3) is 0 Å². The minimum absolute atomic E-state index is 0.339. The van der Waals surface area contributed by atoms with Crippen molar-refractivity contribution < 1.29 is 18.7 Å². The minimum Gasteiger partial charge on any atom is -0.467 e. The second-order valence-corrected chi connectivity index (χ2v) is 4.79. The van der Waals surface area contributed by atoms with Gasteiger partial charge in [-0.15, -0.1) is 0 Å². The second-order valence-electron chi connectivity index (χ2n) is 4.35. The molecule has 1 saturated heterocycles. The molecule has 0 saturated carbocycles. The summed E-state index contributed by atoms with van der Waals surface area (Å²) in [7, 11) is 1.32. The van der Waals surface area contributed by atoms with Crippen molar-refractivity contribution in [1.82, 2.24) is 4.90 Å². The normalized spacial score (nSPS) is 20.3. The molecule has 1 fully saturated rings. The molecule has 1 heterocycles. The summed E-state index contributed by atoms with van der Waals surface area (Å²) in [6.45, 7) is 1.89. The van der Waals surface area contributed by atoms with Gasteiger partial charge in [-0.1, -0.05) is 17.7 Å². The highest BCUT2D eigenvalue weighted by Gasteiger charge is 2.27. The van der Waals surface area contributed by atoms with Crippen molar-refractivity contribution in [2.75, 3.05) is 26.8 Å².